The molecule has 4 nitrogen and oxygen atoms in total. The Morgan fingerprint density at radius 2 is 2.29 bits per heavy atom. The van der Waals surface area contributed by atoms with E-state index in [0.717, 1.165) is 18.1 Å². The highest BCUT2D eigenvalue weighted by Gasteiger charge is 2.15. The van der Waals surface area contributed by atoms with Gasteiger partial charge < -0.3 is 9.15 Å². The molecule has 0 aliphatic carbocycles. The highest BCUT2D eigenvalue weighted by molar-refractivity contribution is 7.98. The fourth-order valence-corrected chi connectivity index (χ4v) is 2.02. The number of hydrogen-bond donors (Lipinski definition) is 0. The quantitative estimate of drug-likeness (QED) is 0.731. The lowest BCUT2D eigenvalue weighted by molar-refractivity contribution is 0.0599. The van der Waals surface area contributed by atoms with Crippen LogP contribution in [0, 0.1) is 6.92 Å². The number of carbonyl (C=O) groups is 1. The number of esters is 1. The predicted molar refractivity (Wildman–Crippen MR) is 69.5 cm³/mol. The van der Waals surface area contributed by atoms with E-state index in [1.54, 1.807) is 13.0 Å². The van der Waals surface area contributed by atoms with Crippen LogP contribution in [0.2, 0.25) is 0 Å². The Balaban J connectivity index is 2.63. The molecule has 17 heavy (non-hydrogen) atoms. The molecule has 1 rings (SSSR count). The van der Waals surface area contributed by atoms with Crippen LogP contribution in [0.4, 0.5) is 0 Å². The molecule has 96 valence electrons. The summed E-state index contributed by atoms with van der Waals surface area (Å²) >= 11 is 1.81. The molecule has 0 amide bonds. The second-order valence-corrected chi connectivity index (χ2v) is 4.89. The Hall–Kier alpha value is -0.940. The van der Waals surface area contributed by atoms with Crippen molar-refractivity contribution in [2.24, 2.45) is 0 Å². The Kier molecular flexibility index (Phi) is 5.58. The Morgan fingerprint density at radius 1 is 1.59 bits per heavy atom. The average molecular weight is 257 g/mol. The summed E-state index contributed by atoms with van der Waals surface area (Å²) in [5.41, 5.74) is 0.515. The van der Waals surface area contributed by atoms with E-state index in [2.05, 4.69) is 15.9 Å². The maximum absolute atomic E-state index is 11.4. The van der Waals surface area contributed by atoms with E-state index in [9.17, 15) is 4.79 Å². The lowest BCUT2D eigenvalue weighted by Gasteiger charge is -2.13. The van der Waals surface area contributed by atoms with Gasteiger partial charge in [0.05, 0.1) is 13.7 Å². The predicted octanol–water partition coefficient (Wildman–Crippen LogP) is 2.17. The van der Waals surface area contributed by atoms with Crippen molar-refractivity contribution in [3.8, 4) is 0 Å². The SMILES string of the molecule is COC(=O)c1cc(CN(C)CCSC)oc1C. The molecule has 1 heterocycles. The molecule has 1 aromatic rings. The van der Waals surface area contributed by atoms with Gasteiger partial charge in [-0.15, -0.1) is 0 Å². The van der Waals surface area contributed by atoms with E-state index in [4.69, 9.17) is 4.42 Å². The molecule has 0 fully saturated rings. The first-order chi connectivity index (χ1) is 8.08. The van der Waals surface area contributed by atoms with Crippen LogP contribution >= 0.6 is 11.8 Å². The summed E-state index contributed by atoms with van der Waals surface area (Å²) in [5.74, 6) is 2.15. The van der Waals surface area contributed by atoms with E-state index in [1.165, 1.54) is 7.11 Å². The van der Waals surface area contributed by atoms with Gasteiger partial charge in [0.15, 0.2) is 0 Å². The van der Waals surface area contributed by atoms with E-state index < -0.39 is 0 Å². The van der Waals surface area contributed by atoms with Gasteiger partial charge in [-0.2, -0.15) is 11.8 Å². The van der Waals surface area contributed by atoms with Crippen LogP contribution < -0.4 is 0 Å². The molecule has 0 unspecified atom stereocenters. The van der Waals surface area contributed by atoms with Crippen molar-refractivity contribution in [1.82, 2.24) is 4.90 Å². The molecule has 0 aliphatic heterocycles. The second kappa shape index (κ2) is 6.71. The van der Waals surface area contributed by atoms with Crippen LogP contribution in [0.1, 0.15) is 21.9 Å². The van der Waals surface area contributed by atoms with Crippen LogP contribution in [0.3, 0.4) is 0 Å². The van der Waals surface area contributed by atoms with E-state index >= 15 is 0 Å². The van der Waals surface area contributed by atoms with Crippen LogP contribution in [0.25, 0.3) is 0 Å². The summed E-state index contributed by atoms with van der Waals surface area (Å²) in [6.45, 7) is 3.48. The van der Waals surface area contributed by atoms with Crippen LogP contribution in [0.15, 0.2) is 10.5 Å². The summed E-state index contributed by atoms with van der Waals surface area (Å²) in [4.78, 5) is 13.6. The number of nitrogens with zero attached hydrogens (tertiary/aromatic N) is 1. The van der Waals surface area contributed by atoms with Gasteiger partial charge in [-0.1, -0.05) is 0 Å². The average Bonchev–Trinajstić information content (AvgIpc) is 2.66. The molecule has 0 bridgehead atoms. The van der Waals surface area contributed by atoms with Gasteiger partial charge in [0, 0.05) is 12.3 Å². The molecule has 0 atom stereocenters. The number of ether oxygens (including phenoxy) is 1. The van der Waals surface area contributed by atoms with Gasteiger partial charge in [-0.3, -0.25) is 4.90 Å². The summed E-state index contributed by atoms with van der Waals surface area (Å²) in [6.07, 6.45) is 2.08. The Labute approximate surface area is 106 Å². The van der Waals surface area contributed by atoms with Crippen LogP contribution in [-0.4, -0.2) is 43.6 Å². The zero-order valence-electron chi connectivity index (χ0n) is 10.8. The largest absolute Gasteiger partial charge is 0.465 e. The van der Waals surface area contributed by atoms with Crippen LogP contribution in [-0.2, 0) is 11.3 Å². The number of aryl methyl sites for hydroxylation is 1. The van der Waals surface area contributed by atoms with Crippen molar-refractivity contribution in [2.45, 2.75) is 13.5 Å². The van der Waals surface area contributed by atoms with Gasteiger partial charge in [0.1, 0.15) is 17.1 Å². The van der Waals surface area contributed by atoms with Gasteiger partial charge in [0.25, 0.3) is 0 Å². The highest BCUT2D eigenvalue weighted by Crippen LogP contribution is 2.16. The minimum Gasteiger partial charge on any atom is -0.465 e. The summed E-state index contributed by atoms with van der Waals surface area (Å²) in [5, 5.41) is 0. The number of methoxy groups -OCH3 is 1. The number of thioether (sulfide) groups is 1. The fraction of sp³-hybridized carbons (Fsp3) is 0.583. The minimum absolute atomic E-state index is 0.343. The van der Waals surface area contributed by atoms with Crippen molar-refractivity contribution < 1.29 is 13.9 Å². The fourth-order valence-electron chi connectivity index (χ4n) is 1.53. The first-order valence-corrected chi connectivity index (χ1v) is 6.83. The summed E-state index contributed by atoms with van der Waals surface area (Å²) < 4.78 is 10.2. The first-order valence-electron chi connectivity index (χ1n) is 5.43. The number of rotatable bonds is 6. The minimum atomic E-state index is -0.343. The molecule has 0 N–H and O–H groups in total. The highest BCUT2D eigenvalue weighted by atomic mass is 32.2. The van der Waals surface area contributed by atoms with Gasteiger partial charge in [-0.05, 0) is 26.3 Å². The molecule has 0 aromatic carbocycles. The molecule has 0 aliphatic rings. The molecular formula is C12H19NO3S. The van der Waals surface area contributed by atoms with E-state index in [-0.39, 0.29) is 5.97 Å². The number of furan rings is 1. The third-order valence-electron chi connectivity index (χ3n) is 2.48. The third-order valence-corrected chi connectivity index (χ3v) is 3.07. The number of hydrogen-bond acceptors (Lipinski definition) is 5. The third kappa shape index (κ3) is 4.09. The van der Waals surface area contributed by atoms with Crippen molar-refractivity contribution in [1.29, 1.82) is 0 Å². The molecule has 0 saturated heterocycles. The lowest BCUT2D eigenvalue weighted by Crippen LogP contribution is -2.20. The monoisotopic (exact) mass is 257 g/mol. The molecule has 5 heteroatoms. The van der Waals surface area contributed by atoms with Crippen molar-refractivity contribution >= 4 is 17.7 Å². The Morgan fingerprint density at radius 3 is 2.88 bits per heavy atom. The maximum Gasteiger partial charge on any atom is 0.341 e. The normalized spacial score (nSPS) is 10.9. The van der Waals surface area contributed by atoms with Gasteiger partial charge in [-0.25, -0.2) is 4.79 Å². The smallest absolute Gasteiger partial charge is 0.341 e. The van der Waals surface area contributed by atoms with Crippen molar-refractivity contribution in [3.63, 3.8) is 0 Å². The van der Waals surface area contributed by atoms with Crippen LogP contribution in [0.5, 0.6) is 0 Å². The van der Waals surface area contributed by atoms with Gasteiger partial charge in [0.2, 0.25) is 0 Å². The Bertz CT molecular complexity index is 376. The lowest BCUT2D eigenvalue weighted by atomic mass is 10.2. The summed E-state index contributed by atoms with van der Waals surface area (Å²) in [7, 11) is 3.41. The molecular weight excluding hydrogens is 238 g/mol. The molecule has 0 saturated carbocycles. The zero-order chi connectivity index (χ0) is 12.8. The molecule has 0 radical (unpaired) electrons. The zero-order valence-corrected chi connectivity index (χ0v) is 11.6. The second-order valence-electron chi connectivity index (χ2n) is 3.90. The first kappa shape index (κ1) is 14.1. The van der Waals surface area contributed by atoms with Crippen molar-refractivity contribution in [3.05, 3.63) is 23.2 Å². The molecule has 1 aromatic heterocycles. The maximum atomic E-state index is 11.4. The van der Waals surface area contributed by atoms with Crippen molar-refractivity contribution in [2.75, 3.05) is 32.7 Å². The van der Waals surface area contributed by atoms with E-state index in [1.807, 2.05) is 18.8 Å². The van der Waals surface area contributed by atoms with E-state index in [0.29, 0.717) is 17.9 Å². The topological polar surface area (TPSA) is 42.7 Å². The number of carbonyl (C=O) groups excluding carboxylic acids is 1. The molecule has 0 spiro atoms. The van der Waals surface area contributed by atoms with Gasteiger partial charge >= 0.3 is 5.97 Å². The standard InChI is InChI=1S/C12H19NO3S/c1-9-11(12(14)15-3)7-10(16-9)8-13(2)5-6-17-4/h7H,5-6,8H2,1-4H3. The summed E-state index contributed by atoms with van der Waals surface area (Å²) in [6, 6.07) is 1.76.